The van der Waals surface area contributed by atoms with Gasteiger partial charge < -0.3 is 14.7 Å². The molecule has 2 fully saturated rings. The van der Waals surface area contributed by atoms with Crippen LogP contribution in [0, 0.1) is 0 Å². The lowest BCUT2D eigenvalue weighted by atomic mass is 10.2. The van der Waals surface area contributed by atoms with Gasteiger partial charge in [-0.1, -0.05) is 42.1 Å². The van der Waals surface area contributed by atoms with Crippen molar-refractivity contribution in [2.24, 2.45) is 0 Å². The van der Waals surface area contributed by atoms with E-state index < -0.39 is 24.3 Å². The molecule has 2 saturated heterocycles. The fraction of sp³-hybridized carbons (Fsp3) is 0.412. The molecule has 0 aliphatic carbocycles. The second kappa shape index (κ2) is 7.63. The van der Waals surface area contributed by atoms with E-state index in [0.717, 1.165) is 23.7 Å². The number of carboxylic acids is 1. The maximum Gasteiger partial charge on any atom is 0.411 e. The number of nitrogens with zero attached hydrogens (tertiary/aromatic N) is 2. The summed E-state index contributed by atoms with van der Waals surface area (Å²) in [4.78, 5) is 38.1. The average Bonchev–Trinajstić information content (AvgIpc) is 3.26. The number of aliphatic carboxylic acids is 1. The molecule has 2 heterocycles. The maximum absolute atomic E-state index is 12.5. The van der Waals surface area contributed by atoms with E-state index in [1.165, 1.54) is 9.80 Å². The summed E-state index contributed by atoms with van der Waals surface area (Å²) in [7, 11) is 0. The zero-order valence-corrected chi connectivity index (χ0v) is 14.3. The number of likely N-dealkylation sites (tertiary alicyclic amines) is 1. The van der Waals surface area contributed by atoms with E-state index in [1.807, 2.05) is 30.3 Å². The van der Waals surface area contributed by atoms with Crippen LogP contribution in [0.1, 0.15) is 18.4 Å². The number of benzene rings is 1. The van der Waals surface area contributed by atoms with E-state index in [1.54, 1.807) is 5.94 Å². The van der Waals surface area contributed by atoms with Gasteiger partial charge in [-0.3, -0.25) is 4.90 Å². The van der Waals surface area contributed by atoms with E-state index in [9.17, 15) is 19.5 Å². The van der Waals surface area contributed by atoms with Gasteiger partial charge in [0, 0.05) is 12.3 Å². The molecule has 2 aliphatic heterocycles. The minimum atomic E-state index is -1.01. The Labute approximate surface area is 149 Å². The van der Waals surface area contributed by atoms with Gasteiger partial charge in [0.15, 0.2) is 11.0 Å². The normalized spacial score (nSPS) is 22.8. The van der Waals surface area contributed by atoms with Crippen LogP contribution >= 0.6 is 11.8 Å². The number of hydrogen-bond acceptors (Lipinski definition) is 6. The Morgan fingerprint density at radius 2 is 2.08 bits per heavy atom. The molecule has 0 radical (unpaired) electrons. The molecular weight excluding hydrogens is 344 g/mol. The largest absolute Gasteiger partial charge is 0.480 e. The van der Waals surface area contributed by atoms with Crippen LogP contribution in [0.3, 0.4) is 0 Å². The van der Waals surface area contributed by atoms with Crippen molar-refractivity contribution in [2.45, 2.75) is 31.7 Å². The predicted octanol–water partition coefficient (Wildman–Crippen LogP) is 1.92. The van der Waals surface area contributed by atoms with Crippen molar-refractivity contribution >= 4 is 29.8 Å². The first-order valence-corrected chi connectivity index (χ1v) is 8.96. The smallest absolute Gasteiger partial charge is 0.411 e. The zero-order chi connectivity index (χ0) is 17.8. The minimum Gasteiger partial charge on any atom is -0.480 e. The minimum absolute atomic E-state index is 0.149. The maximum atomic E-state index is 12.5. The number of carbonyl (C=O) groups is 2. The summed E-state index contributed by atoms with van der Waals surface area (Å²) in [6.45, 7) is 0.619. The van der Waals surface area contributed by atoms with Crippen molar-refractivity contribution in [1.29, 1.82) is 0 Å². The SMILES string of the molecule is O=C=C1SC[C@@H](C(=O)O)N1[C@H]1CCCN1C(=O)OCc1ccccc1. The Hall–Kier alpha value is -2.44. The van der Waals surface area contributed by atoms with E-state index in [2.05, 4.69) is 0 Å². The molecule has 1 amide bonds. The lowest BCUT2D eigenvalue weighted by Crippen LogP contribution is -2.51. The highest BCUT2D eigenvalue weighted by atomic mass is 32.2. The summed E-state index contributed by atoms with van der Waals surface area (Å²) in [5, 5.41) is 9.64. The Morgan fingerprint density at radius 1 is 1.32 bits per heavy atom. The first kappa shape index (κ1) is 17.4. The third kappa shape index (κ3) is 3.65. The molecule has 8 heteroatoms. The molecule has 1 N–H and O–H groups in total. The number of amides is 1. The number of carboxylic acid groups (broad SMARTS) is 1. The van der Waals surface area contributed by atoms with Gasteiger partial charge in [0.25, 0.3) is 0 Å². The van der Waals surface area contributed by atoms with Crippen molar-refractivity contribution in [3.8, 4) is 0 Å². The van der Waals surface area contributed by atoms with Gasteiger partial charge >= 0.3 is 12.1 Å². The number of carbonyl (C=O) groups excluding carboxylic acids is 2. The quantitative estimate of drug-likeness (QED) is 0.819. The van der Waals surface area contributed by atoms with Crippen molar-refractivity contribution in [2.75, 3.05) is 12.3 Å². The van der Waals surface area contributed by atoms with Gasteiger partial charge in [-0.15, -0.1) is 0 Å². The Kier molecular flexibility index (Phi) is 5.31. The fourth-order valence-electron chi connectivity index (χ4n) is 3.12. The van der Waals surface area contributed by atoms with Crippen LogP contribution in [0.2, 0.25) is 0 Å². The third-order valence-electron chi connectivity index (χ3n) is 4.30. The van der Waals surface area contributed by atoms with Crippen LogP contribution < -0.4 is 0 Å². The van der Waals surface area contributed by atoms with E-state index in [0.29, 0.717) is 13.0 Å². The average molecular weight is 362 g/mol. The van der Waals surface area contributed by atoms with Crippen molar-refractivity contribution in [1.82, 2.24) is 9.80 Å². The first-order chi connectivity index (χ1) is 12.1. The van der Waals surface area contributed by atoms with Crippen LogP contribution in [-0.2, 0) is 20.9 Å². The van der Waals surface area contributed by atoms with Gasteiger partial charge in [0.1, 0.15) is 18.8 Å². The topological polar surface area (TPSA) is 87.2 Å². The molecule has 1 aromatic rings. The molecular formula is C17H18N2O5S. The van der Waals surface area contributed by atoms with E-state index in [4.69, 9.17) is 4.74 Å². The van der Waals surface area contributed by atoms with Crippen LogP contribution in [0.5, 0.6) is 0 Å². The molecule has 132 valence electrons. The van der Waals surface area contributed by atoms with Crippen LogP contribution in [-0.4, -0.2) is 57.4 Å². The van der Waals surface area contributed by atoms with Crippen LogP contribution in [0.4, 0.5) is 4.79 Å². The highest BCUT2D eigenvalue weighted by molar-refractivity contribution is 8.03. The summed E-state index contributed by atoms with van der Waals surface area (Å²) in [5.74, 6) is 1.06. The Morgan fingerprint density at radius 3 is 2.76 bits per heavy atom. The van der Waals surface area contributed by atoms with Gasteiger partial charge in [-0.25, -0.2) is 14.4 Å². The van der Waals surface area contributed by atoms with Crippen molar-refractivity contribution < 1.29 is 24.2 Å². The highest BCUT2D eigenvalue weighted by Crippen LogP contribution is 2.37. The number of rotatable bonds is 4. The molecule has 0 bridgehead atoms. The zero-order valence-electron chi connectivity index (χ0n) is 13.5. The van der Waals surface area contributed by atoms with Crippen LogP contribution in [0.25, 0.3) is 0 Å². The third-order valence-corrected chi connectivity index (χ3v) is 5.35. The van der Waals surface area contributed by atoms with E-state index in [-0.39, 0.29) is 17.4 Å². The summed E-state index contributed by atoms with van der Waals surface area (Å²) >= 11 is 1.16. The van der Waals surface area contributed by atoms with Gasteiger partial charge in [-0.2, -0.15) is 0 Å². The highest BCUT2D eigenvalue weighted by Gasteiger charge is 2.45. The molecule has 3 rings (SSSR count). The summed E-state index contributed by atoms with van der Waals surface area (Å²) in [6, 6.07) is 8.49. The molecule has 0 saturated carbocycles. The van der Waals surface area contributed by atoms with Crippen molar-refractivity contribution in [3.63, 3.8) is 0 Å². The fourth-order valence-corrected chi connectivity index (χ4v) is 4.20. The Balaban J connectivity index is 1.71. The van der Waals surface area contributed by atoms with Gasteiger partial charge in [0.2, 0.25) is 0 Å². The second-order valence-corrected chi connectivity index (χ2v) is 6.84. The standard InChI is InChI=1S/C17H18N2O5S/c20-9-15-19(13(11-25-15)16(21)22)14-7-4-8-18(14)17(23)24-10-12-5-2-1-3-6-12/h1-3,5-6,13-14H,4,7-8,10-11H2,(H,21,22)/t13-,14-/m0/s1. The van der Waals surface area contributed by atoms with Crippen LogP contribution in [0.15, 0.2) is 35.4 Å². The number of thioether (sulfide) groups is 1. The van der Waals surface area contributed by atoms with Gasteiger partial charge in [-0.05, 0) is 18.4 Å². The molecule has 0 spiro atoms. The molecule has 2 atom stereocenters. The summed E-state index contributed by atoms with van der Waals surface area (Å²) < 4.78 is 5.36. The lowest BCUT2D eigenvalue weighted by Gasteiger charge is -2.34. The number of hydrogen-bond donors (Lipinski definition) is 1. The summed E-state index contributed by atoms with van der Waals surface area (Å²) in [5.41, 5.74) is 0.875. The van der Waals surface area contributed by atoms with Gasteiger partial charge in [0.05, 0.1) is 0 Å². The lowest BCUT2D eigenvalue weighted by molar-refractivity contribution is -0.142. The Bertz CT molecular complexity index is 704. The molecule has 0 unspecified atom stereocenters. The molecule has 1 aromatic carbocycles. The monoisotopic (exact) mass is 362 g/mol. The predicted molar refractivity (Wildman–Crippen MR) is 91.3 cm³/mol. The molecule has 0 aromatic heterocycles. The first-order valence-electron chi connectivity index (χ1n) is 7.98. The van der Waals surface area contributed by atoms with E-state index >= 15 is 0 Å². The number of ether oxygens (including phenoxy) is 1. The molecule has 25 heavy (non-hydrogen) atoms. The second-order valence-electron chi connectivity index (χ2n) is 5.84. The molecule has 2 aliphatic rings. The summed E-state index contributed by atoms with van der Waals surface area (Å²) in [6.07, 6.45) is 0.328. The van der Waals surface area contributed by atoms with Crippen molar-refractivity contribution in [3.05, 3.63) is 40.9 Å². The molecule has 7 nitrogen and oxygen atoms in total.